The summed E-state index contributed by atoms with van der Waals surface area (Å²) in [7, 11) is 0. The first-order valence-electron chi connectivity index (χ1n) is 4.83. The van der Waals surface area contributed by atoms with Crippen LogP contribution in [0.5, 0.6) is 0 Å². The molecule has 1 aromatic heterocycles. The molecule has 0 aliphatic heterocycles. The Hall–Kier alpha value is -1.86. The Morgan fingerprint density at radius 2 is 2.22 bits per heavy atom. The Morgan fingerprint density at radius 1 is 1.61 bits per heavy atom. The van der Waals surface area contributed by atoms with Crippen molar-refractivity contribution in [2.45, 2.75) is 25.8 Å². The molecule has 0 aliphatic carbocycles. The second-order valence-corrected chi connectivity index (χ2v) is 3.60. The number of rotatable bonds is 5. The van der Waals surface area contributed by atoms with Gasteiger partial charge in [-0.15, -0.1) is 0 Å². The molecule has 0 unspecified atom stereocenters. The van der Waals surface area contributed by atoms with Crippen LogP contribution in [-0.2, 0) is 11.3 Å². The van der Waals surface area contributed by atoms with Gasteiger partial charge in [0.2, 0.25) is 0 Å². The number of nitrogens with zero attached hydrogens (tertiary/aromatic N) is 2. The first kappa shape index (κ1) is 14.2. The Kier molecular flexibility index (Phi) is 4.10. The first-order valence-corrected chi connectivity index (χ1v) is 4.83. The number of aryl methyl sites for hydroxylation is 1. The second kappa shape index (κ2) is 5.19. The molecule has 0 spiro atoms. The van der Waals surface area contributed by atoms with Crippen molar-refractivity contribution in [3.05, 3.63) is 23.5 Å². The van der Waals surface area contributed by atoms with Crippen LogP contribution in [0.2, 0.25) is 0 Å². The largest absolute Gasteiger partial charge is 0.478 e. The molecule has 0 amide bonds. The molecule has 1 heterocycles. The standard InChI is InChI=1S/C10H10F4N2O2/c1-6-7(2-3-8(17)18)4-16(15-6)5-10(13,14)9(11)12/h2-4,9H,5H2,1H3,(H,17,18). The number of aromatic nitrogens is 2. The van der Waals surface area contributed by atoms with E-state index in [1.165, 1.54) is 6.92 Å². The molecule has 0 fully saturated rings. The summed E-state index contributed by atoms with van der Waals surface area (Å²) < 4.78 is 50.2. The van der Waals surface area contributed by atoms with Crippen molar-refractivity contribution in [3.8, 4) is 0 Å². The summed E-state index contributed by atoms with van der Waals surface area (Å²) >= 11 is 0. The molecule has 0 saturated heterocycles. The Balaban J connectivity index is 2.88. The molecule has 1 N–H and O–H groups in total. The Labute approximate surface area is 99.5 Å². The number of hydrogen-bond acceptors (Lipinski definition) is 2. The molecule has 0 aliphatic rings. The van der Waals surface area contributed by atoms with E-state index in [2.05, 4.69) is 5.10 Å². The summed E-state index contributed by atoms with van der Waals surface area (Å²) in [6.07, 6.45) is -0.730. The summed E-state index contributed by atoms with van der Waals surface area (Å²) in [5.41, 5.74) is 0.556. The zero-order valence-electron chi connectivity index (χ0n) is 9.28. The summed E-state index contributed by atoms with van der Waals surface area (Å²) in [4.78, 5) is 10.3. The third-order valence-electron chi connectivity index (χ3n) is 2.08. The maximum atomic E-state index is 12.8. The normalized spacial score (nSPS) is 12.6. The number of carboxylic acid groups (broad SMARTS) is 1. The minimum absolute atomic E-state index is 0.276. The van der Waals surface area contributed by atoms with Gasteiger partial charge in [-0.1, -0.05) is 0 Å². The van der Waals surface area contributed by atoms with Crippen molar-refractivity contribution >= 4 is 12.0 Å². The molecule has 8 heteroatoms. The lowest BCUT2D eigenvalue weighted by molar-refractivity contribution is -0.139. The Morgan fingerprint density at radius 3 is 2.72 bits per heavy atom. The second-order valence-electron chi connectivity index (χ2n) is 3.60. The number of aliphatic carboxylic acids is 1. The molecule has 0 bridgehead atoms. The number of carbonyl (C=O) groups is 1. The summed E-state index contributed by atoms with van der Waals surface area (Å²) in [5, 5.41) is 12.0. The van der Waals surface area contributed by atoms with E-state index in [1.807, 2.05) is 0 Å². The predicted octanol–water partition coefficient (Wildman–Crippen LogP) is 2.19. The van der Waals surface area contributed by atoms with Crippen molar-refractivity contribution in [1.29, 1.82) is 0 Å². The lowest BCUT2D eigenvalue weighted by Crippen LogP contribution is -2.32. The molecule has 100 valence electrons. The summed E-state index contributed by atoms with van der Waals surface area (Å²) in [5.74, 6) is -5.38. The van der Waals surface area contributed by atoms with Crippen LogP contribution in [0.4, 0.5) is 17.6 Å². The van der Waals surface area contributed by atoms with Crippen molar-refractivity contribution < 1.29 is 27.5 Å². The maximum absolute atomic E-state index is 12.8. The van der Waals surface area contributed by atoms with Crippen LogP contribution in [-0.4, -0.2) is 33.2 Å². The number of carboxylic acids is 1. The van der Waals surface area contributed by atoms with Crippen LogP contribution in [0.15, 0.2) is 12.3 Å². The first-order chi connectivity index (χ1) is 8.22. The van der Waals surface area contributed by atoms with Gasteiger partial charge in [0.1, 0.15) is 6.54 Å². The molecule has 1 rings (SSSR count). The monoisotopic (exact) mass is 266 g/mol. The minimum atomic E-state index is -4.17. The van der Waals surface area contributed by atoms with Crippen LogP contribution in [0.25, 0.3) is 6.08 Å². The fraction of sp³-hybridized carbons (Fsp3) is 0.400. The Bertz CT molecular complexity index is 468. The van der Waals surface area contributed by atoms with Gasteiger partial charge >= 0.3 is 18.3 Å². The van der Waals surface area contributed by atoms with Crippen LogP contribution < -0.4 is 0 Å². The van der Waals surface area contributed by atoms with Crippen molar-refractivity contribution in [3.63, 3.8) is 0 Å². The van der Waals surface area contributed by atoms with Crippen LogP contribution >= 0.6 is 0 Å². The fourth-order valence-corrected chi connectivity index (χ4v) is 1.22. The molecular weight excluding hydrogens is 256 g/mol. The van der Waals surface area contributed by atoms with Gasteiger partial charge in [0.15, 0.2) is 0 Å². The fourth-order valence-electron chi connectivity index (χ4n) is 1.22. The highest BCUT2D eigenvalue weighted by atomic mass is 19.3. The zero-order valence-corrected chi connectivity index (χ0v) is 9.28. The third kappa shape index (κ3) is 3.57. The van der Waals surface area contributed by atoms with Gasteiger partial charge in [-0.05, 0) is 13.0 Å². The summed E-state index contributed by atoms with van der Waals surface area (Å²) in [6.45, 7) is 0.199. The van der Waals surface area contributed by atoms with Crippen LogP contribution in [0, 0.1) is 6.92 Å². The molecule has 18 heavy (non-hydrogen) atoms. The zero-order chi connectivity index (χ0) is 13.9. The minimum Gasteiger partial charge on any atom is -0.478 e. The lowest BCUT2D eigenvalue weighted by Gasteiger charge is -2.14. The van der Waals surface area contributed by atoms with E-state index in [1.54, 1.807) is 0 Å². The highest BCUT2D eigenvalue weighted by molar-refractivity contribution is 5.85. The molecule has 0 aromatic carbocycles. The highest BCUT2D eigenvalue weighted by Crippen LogP contribution is 2.25. The quantitative estimate of drug-likeness (QED) is 0.656. The van der Waals surface area contributed by atoms with E-state index in [-0.39, 0.29) is 11.3 Å². The summed E-state index contributed by atoms with van der Waals surface area (Å²) in [6, 6.07) is 0. The van der Waals surface area contributed by atoms with Gasteiger partial charge in [-0.3, -0.25) is 4.68 Å². The average molecular weight is 266 g/mol. The van der Waals surface area contributed by atoms with Crippen molar-refractivity contribution in [1.82, 2.24) is 9.78 Å². The van der Waals surface area contributed by atoms with E-state index >= 15 is 0 Å². The van der Waals surface area contributed by atoms with Crippen molar-refractivity contribution in [2.24, 2.45) is 0 Å². The highest BCUT2D eigenvalue weighted by Gasteiger charge is 2.41. The van der Waals surface area contributed by atoms with Gasteiger partial charge in [0, 0.05) is 17.8 Å². The van der Waals surface area contributed by atoms with Gasteiger partial charge in [-0.2, -0.15) is 13.9 Å². The smallest absolute Gasteiger partial charge is 0.328 e. The van der Waals surface area contributed by atoms with Crippen LogP contribution in [0.3, 0.4) is 0 Å². The molecular formula is C10H10F4N2O2. The third-order valence-corrected chi connectivity index (χ3v) is 2.08. The van der Waals surface area contributed by atoms with Crippen LogP contribution in [0.1, 0.15) is 11.3 Å². The van der Waals surface area contributed by atoms with Gasteiger partial charge in [-0.25, -0.2) is 13.6 Å². The molecule has 0 atom stereocenters. The number of alkyl halides is 4. The van der Waals surface area contributed by atoms with E-state index in [4.69, 9.17) is 5.11 Å². The van der Waals surface area contributed by atoms with Crippen molar-refractivity contribution in [2.75, 3.05) is 0 Å². The molecule has 0 saturated carbocycles. The van der Waals surface area contributed by atoms with E-state index in [0.717, 1.165) is 18.3 Å². The maximum Gasteiger partial charge on any atom is 0.328 e. The molecule has 1 aromatic rings. The lowest BCUT2D eigenvalue weighted by atomic mass is 10.2. The van der Waals surface area contributed by atoms with E-state index < -0.39 is 24.9 Å². The number of halogens is 4. The van der Waals surface area contributed by atoms with E-state index in [9.17, 15) is 22.4 Å². The molecule has 0 radical (unpaired) electrons. The van der Waals surface area contributed by atoms with E-state index in [0.29, 0.717) is 4.68 Å². The van der Waals surface area contributed by atoms with Gasteiger partial charge in [0.25, 0.3) is 0 Å². The molecule has 4 nitrogen and oxygen atoms in total. The SMILES string of the molecule is Cc1nn(CC(F)(F)C(F)F)cc1C=CC(=O)O. The average Bonchev–Trinajstić information content (AvgIpc) is 2.54. The van der Waals surface area contributed by atoms with Gasteiger partial charge in [0.05, 0.1) is 5.69 Å². The number of hydrogen-bond donors (Lipinski definition) is 1. The predicted molar refractivity (Wildman–Crippen MR) is 54.6 cm³/mol. The topological polar surface area (TPSA) is 55.1 Å². The van der Waals surface area contributed by atoms with Gasteiger partial charge < -0.3 is 5.11 Å².